The molecule has 0 saturated heterocycles. The summed E-state index contributed by atoms with van der Waals surface area (Å²) in [6.07, 6.45) is 4.02. The summed E-state index contributed by atoms with van der Waals surface area (Å²) in [5.41, 5.74) is 0. The summed E-state index contributed by atoms with van der Waals surface area (Å²) < 4.78 is 91.4. The molecule has 168 valence electrons. The minimum absolute atomic E-state index is 0. The van der Waals surface area contributed by atoms with Crippen LogP contribution in [0.15, 0.2) is 0 Å². The van der Waals surface area contributed by atoms with Crippen LogP contribution in [0.2, 0.25) is 0 Å². The van der Waals surface area contributed by atoms with Gasteiger partial charge in [0.05, 0.1) is 0 Å². The largest absolute Gasteiger partial charge is 1.00 e. The molecule has 0 spiro atoms. The molecule has 1 fully saturated rings. The van der Waals surface area contributed by atoms with Crippen molar-refractivity contribution in [2.75, 3.05) is 17.3 Å². The Kier molecular flexibility index (Phi) is 23.1. The van der Waals surface area contributed by atoms with Crippen molar-refractivity contribution in [2.24, 2.45) is 17.8 Å². The van der Waals surface area contributed by atoms with Crippen LogP contribution < -0.4 is 88.7 Å². The van der Waals surface area contributed by atoms with Gasteiger partial charge in [-0.05, 0) is 82.2 Å². The Hall–Kier alpha value is 3.78. The van der Waals surface area contributed by atoms with Crippen molar-refractivity contribution < 1.29 is 132 Å². The molecule has 1 aliphatic rings. The molecule has 1 saturated carbocycles. The van der Waals surface area contributed by atoms with Crippen LogP contribution in [-0.2, 0) is 27.5 Å². The molecule has 0 radical (unpaired) electrons. The Morgan fingerprint density at radius 2 is 1.00 bits per heavy atom. The minimum Gasteiger partial charge on any atom is -1.00 e. The molecule has 9 nitrogen and oxygen atoms in total. The van der Waals surface area contributed by atoms with Gasteiger partial charge in [-0.15, -0.1) is 0 Å². The number of hydrogen-bond donors (Lipinski definition) is 3. The summed E-state index contributed by atoms with van der Waals surface area (Å²) >= 11 is 0. The second kappa shape index (κ2) is 18.1. The molecule has 0 aromatic rings. The monoisotopic (exact) mass is 576 g/mol. The Balaban J connectivity index is -0.000000304. The van der Waals surface area contributed by atoms with E-state index in [1.807, 2.05) is 0 Å². The molecule has 0 bridgehead atoms. The first-order chi connectivity index (χ1) is 12.3. The molecule has 0 heterocycles. The zero-order valence-electron chi connectivity index (χ0n) is 20.3. The first-order valence-electron chi connectivity index (χ1n) is 8.10. The number of rotatable bonds is 12. The Bertz CT molecular complexity index is 790. The average Bonchev–Trinajstić information content (AvgIpc) is 2.45. The van der Waals surface area contributed by atoms with Crippen molar-refractivity contribution in [3.63, 3.8) is 0 Å². The maximum atomic E-state index is 10.9. The second-order valence-corrected chi connectivity index (χ2v) is 16.7. The van der Waals surface area contributed by atoms with Crippen LogP contribution in [-0.4, -0.2) is 56.2 Å². The maximum absolute atomic E-state index is 10.9. The zero-order valence-corrected chi connectivity index (χ0v) is 28.2. The van der Waals surface area contributed by atoms with Crippen molar-refractivity contribution in [3.05, 3.63) is 0 Å². The van der Waals surface area contributed by atoms with E-state index in [1.54, 1.807) is 0 Å². The van der Waals surface area contributed by atoms with Gasteiger partial charge in [0.2, 0.25) is 0 Å². The van der Waals surface area contributed by atoms with E-state index in [-0.39, 0.29) is 128 Å². The molecular weight excluding hydrogens is 549 g/mol. The van der Waals surface area contributed by atoms with Gasteiger partial charge in [0.25, 0.3) is 0 Å². The Morgan fingerprint density at radius 1 is 0.633 bits per heavy atom. The summed E-state index contributed by atoms with van der Waals surface area (Å²) in [5.74, 6) is 1.19. The Labute approximate surface area is 261 Å². The van der Waals surface area contributed by atoms with Gasteiger partial charge in [-0.2, -0.15) is 25.3 Å². The van der Waals surface area contributed by atoms with Crippen LogP contribution in [0.1, 0.15) is 42.8 Å². The molecule has 30 heavy (non-hydrogen) atoms. The van der Waals surface area contributed by atoms with Gasteiger partial charge in [-0.3, -0.25) is 13.7 Å². The molecule has 3 N–H and O–H groups in total. The van der Waals surface area contributed by atoms with Gasteiger partial charge in [-0.1, -0.05) is 6.42 Å². The van der Waals surface area contributed by atoms with Crippen LogP contribution >= 0.6 is 32.4 Å². The van der Waals surface area contributed by atoms with E-state index >= 15 is 0 Å². The van der Waals surface area contributed by atoms with E-state index in [1.165, 1.54) is 0 Å². The van der Waals surface area contributed by atoms with Crippen LogP contribution in [0.4, 0.5) is 0 Å². The van der Waals surface area contributed by atoms with Crippen LogP contribution in [0.3, 0.4) is 0 Å². The molecular formula is C12H27Na3O9S6. The smallest absolute Gasteiger partial charge is 1.00 e. The first kappa shape index (κ1) is 38.3. The summed E-state index contributed by atoms with van der Waals surface area (Å²) in [5, 5.41) is 0. The third-order valence-corrected chi connectivity index (χ3v) is 10.7. The molecule has 1 aliphatic carbocycles. The van der Waals surface area contributed by atoms with Gasteiger partial charge < -0.3 is 4.28 Å². The van der Waals surface area contributed by atoms with Crippen molar-refractivity contribution >= 4 is 59.8 Å². The standard InChI is InChI=1S/C12H24O9S6.3Na.3H/c13-25(14,15)22-6-3-10-1-2-11(4-7-23-26(16,17)18)12(9-10)5-8-24-27(19,20)21;;;;;;/h10-12H,1-9H2,(H,13,14,15)(H,16,17,18)(H,19,20,21);;;;;;/q;3*+1;3*-1. The fraction of sp³-hybridized carbons (Fsp3) is 1.00. The van der Waals surface area contributed by atoms with Gasteiger partial charge in [0, 0.05) is 17.3 Å². The maximum Gasteiger partial charge on any atom is 1.00 e. The van der Waals surface area contributed by atoms with E-state index in [2.05, 4.69) is 0 Å². The van der Waals surface area contributed by atoms with Gasteiger partial charge >= 0.3 is 116 Å². The van der Waals surface area contributed by atoms with Crippen molar-refractivity contribution in [2.45, 2.75) is 38.5 Å². The normalized spacial score (nSPS) is 22.3. The van der Waals surface area contributed by atoms with E-state index < -0.39 is 27.5 Å². The molecule has 3 unspecified atom stereocenters. The molecule has 0 aromatic carbocycles. The van der Waals surface area contributed by atoms with Gasteiger partial charge in [0.15, 0.2) is 0 Å². The summed E-state index contributed by atoms with van der Waals surface area (Å²) in [7, 11) is -10.9. The minimum atomic E-state index is -4.12. The Morgan fingerprint density at radius 3 is 1.40 bits per heavy atom. The van der Waals surface area contributed by atoms with Gasteiger partial charge in [0.1, 0.15) is 0 Å². The van der Waals surface area contributed by atoms with E-state index in [9.17, 15) is 25.3 Å². The average molecular weight is 577 g/mol. The fourth-order valence-corrected chi connectivity index (χ4v) is 7.97. The van der Waals surface area contributed by atoms with Crippen molar-refractivity contribution in [1.29, 1.82) is 0 Å². The molecule has 1 rings (SSSR count). The molecule has 0 aromatic heterocycles. The summed E-state index contributed by atoms with van der Waals surface area (Å²) in [4.78, 5) is 0. The molecule has 0 aliphatic heterocycles. The first-order valence-corrected chi connectivity index (χ1v) is 16.9. The van der Waals surface area contributed by atoms with Crippen LogP contribution in [0.5, 0.6) is 0 Å². The predicted octanol–water partition coefficient (Wildman–Crippen LogP) is -5.85. The van der Waals surface area contributed by atoms with E-state index in [4.69, 9.17) is 13.7 Å². The summed E-state index contributed by atoms with van der Waals surface area (Å²) in [6.45, 7) is 0. The van der Waals surface area contributed by atoms with Crippen LogP contribution in [0.25, 0.3) is 0 Å². The number of hydrogen-bond acceptors (Lipinski definition) is 9. The van der Waals surface area contributed by atoms with Crippen molar-refractivity contribution in [3.8, 4) is 0 Å². The molecule has 3 atom stereocenters. The summed E-state index contributed by atoms with van der Waals surface area (Å²) in [6, 6.07) is 0. The third-order valence-electron chi connectivity index (χ3n) is 4.45. The molecule has 0 amide bonds. The quantitative estimate of drug-likeness (QED) is 0.115. The fourth-order valence-electron chi connectivity index (χ4n) is 3.35. The van der Waals surface area contributed by atoms with Crippen LogP contribution in [0, 0.1) is 17.8 Å². The van der Waals surface area contributed by atoms with E-state index in [0.717, 1.165) is 19.3 Å². The van der Waals surface area contributed by atoms with Gasteiger partial charge in [-0.25, -0.2) is 0 Å². The second-order valence-electron chi connectivity index (χ2n) is 6.31. The van der Waals surface area contributed by atoms with Crippen molar-refractivity contribution in [1.82, 2.24) is 0 Å². The predicted molar refractivity (Wildman–Crippen MR) is 114 cm³/mol. The third kappa shape index (κ3) is 21.1. The SMILES string of the molecule is O=S(=O)(O)SCCC1CCC(CCSS(=O)(=O)O)C(CCSS(=O)(=O)O)C1.[H-].[H-].[H-].[Na+].[Na+].[Na+]. The topological polar surface area (TPSA) is 163 Å². The molecule has 18 heteroatoms. The van der Waals surface area contributed by atoms with E-state index in [0.29, 0.717) is 51.6 Å². The zero-order chi connectivity index (χ0) is 20.7.